The number of aryl methyl sites for hydroxylation is 3. The molecular formula is C49H58BrF2N10O6P. The highest BCUT2D eigenvalue weighted by Gasteiger charge is 2.32. The molecule has 8 rings (SSSR count). The monoisotopic (exact) mass is 1030 g/mol. The van der Waals surface area contributed by atoms with Gasteiger partial charge in [-0.2, -0.15) is 4.98 Å². The summed E-state index contributed by atoms with van der Waals surface area (Å²) >= 11 is 3.55. The fraction of sp³-hybridized carbons (Fsp3) is 0.429. The van der Waals surface area contributed by atoms with Crippen LogP contribution in [0.3, 0.4) is 0 Å². The molecule has 0 radical (unpaired) electrons. The SMILES string of the molecule is CCOc1cc(N2CCC(NCCNCCCc3cc(F)cc4c3oc(=O)n4C3CCC(=O)NC3=O)CC2)c(CC)cc1Nc1ncc(Br)c(Nc2cc(F)c3nc(CC)ccc3c2P(C)(C)=O)n1. The van der Waals surface area contributed by atoms with Gasteiger partial charge in [-0.1, -0.05) is 19.9 Å². The van der Waals surface area contributed by atoms with Crippen molar-refractivity contribution in [2.45, 2.75) is 84.2 Å². The number of ether oxygens (including phenoxy) is 1. The maximum atomic E-state index is 15.6. The van der Waals surface area contributed by atoms with Gasteiger partial charge >= 0.3 is 5.76 Å². The molecule has 20 heteroatoms. The van der Waals surface area contributed by atoms with Crippen LogP contribution in [0.15, 0.2) is 62.3 Å². The van der Waals surface area contributed by atoms with Crippen LogP contribution in [-0.2, 0) is 33.4 Å². The second-order valence-corrected chi connectivity index (χ2v) is 21.8. The smallest absolute Gasteiger partial charge is 0.420 e. The van der Waals surface area contributed by atoms with E-state index in [2.05, 4.69) is 76.4 Å². The Balaban J connectivity index is 0.855. The molecule has 69 heavy (non-hydrogen) atoms. The molecular weight excluding hydrogens is 973 g/mol. The van der Waals surface area contributed by atoms with Crippen molar-refractivity contribution in [1.29, 1.82) is 0 Å². The zero-order chi connectivity index (χ0) is 49.0. The Kier molecular flexibility index (Phi) is 15.5. The largest absolute Gasteiger partial charge is 0.492 e. The number of fused-ring (bicyclic) bond motifs is 2. The van der Waals surface area contributed by atoms with E-state index in [0.29, 0.717) is 82.1 Å². The molecule has 2 fully saturated rings. The van der Waals surface area contributed by atoms with Crippen molar-refractivity contribution in [2.24, 2.45) is 0 Å². The van der Waals surface area contributed by atoms with Gasteiger partial charge in [-0.05, 0) is 111 Å². The highest BCUT2D eigenvalue weighted by atomic mass is 79.9. The molecule has 5 N–H and O–H groups in total. The number of pyridine rings is 1. The average molecular weight is 1030 g/mol. The van der Waals surface area contributed by atoms with E-state index < -0.39 is 42.4 Å². The Labute approximate surface area is 407 Å². The third kappa shape index (κ3) is 11.2. The van der Waals surface area contributed by atoms with Gasteiger partial charge in [-0.15, -0.1) is 0 Å². The van der Waals surface area contributed by atoms with Gasteiger partial charge in [0.05, 0.1) is 28.0 Å². The van der Waals surface area contributed by atoms with E-state index in [4.69, 9.17) is 14.1 Å². The van der Waals surface area contributed by atoms with Crippen molar-refractivity contribution < 1.29 is 32.1 Å². The zero-order valence-electron chi connectivity index (χ0n) is 39.4. The van der Waals surface area contributed by atoms with Gasteiger partial charge in [0.2, 0.25) is 17.8 Å². The summed E-state index contributed by atoms with van der Waals surface area (Å²) in [6.07, 6.45) is 6.31. The van der Waals surface area contributed by atoms with Crippen LogP contribution in [0.4, 0.5) is 37.6 Å². The summed E-state index contributed by atoms with van der Waals surface area (Å²) in [4.78, 5) is 53.2. The first-order chi connectivity index (χ1) is 33.1. The van der Waals surface area contributed by atoms with E-state index in [0.717, 1.165) is 67.0 Å². The number of imide groups is 1. The summed E-state index contributed by atoms with van der Waals surface area (Å²) in [5, 5.41) is 17.0. The first kappa shape index (κ1) is 49.7. The molecule has 0 bridgehead atoms. The molecule has 2 aliphatic heterocycles. The molecule has 366 valence electrons. The number of hydrogen-bond acceptors (Lipinski definition) is 14. The molecule has 0 aliphatic carbocycles. The summed E-state index contributed by atoms with van der Waals surface area (Å²) in [5.74, 6) is -1.51. The molecule has 3 aromatic carbocycles. The van der Waals surface area contributed by atoms with Gasteiger partial charge in [0.25, 0.3) is 0 Å². The number of halogens is 3. The van der Waals surface area contributed by atoms with Crippen LogP contribution >= 0.6 is 23.1 Å². The van der Waals surface area contributed by atoms with Crippen LogP contribution in [0.1, 0.15) is 75.7 Å². The van der Waals surface area contributed by atoms with Crippen LogP contribution in [0.2, 0.25) is 0 Å². The molecule has 1 unspecified atom stereocenters. The van der Waals surface area contributed by atoms with Crippen molar-refractivity contribution in [2.75, 3.05) is 68.2 Å². The highest BCUT2D eigenvalue weighted by Crippen LogP contribution is 2.43. The number of amides is 2. The second kappa shape index (κ2) is 21.5. The first-order valence-electron chi connectivity index (χ1n) is 23.6. The molecule has 2 saturated heterocycles. The lowest BCUT2D eigenvalue weighted by molar-refractivity contribution is -0.135. The molecule has 3 aromatic heterocycles. The molecule has 5 heterocycles. The molecule has 2 amide bonds. The molecule has 16 nitrogen and oxygen atoms in total. The minimum Gasteiger partial charge on any atom is -0.492 e. The van der Waals surface area contributed by atoms with Crippen LogP contribution in [0, 0.1) is 11.6 Å². The number of rotatable bonds is 19. The van der Waals surface area contributed by atoms with Gasteiger partial charge in [-0.25, -0.2) is 23.5 Å². The number of hydrogen-bond donors (Lipinski definition) is 5. The Hall–Kier alpha value is -5.75. The zero-order valence-corrected chi connectivity index (χ0v) is 41.9. The summed E-state index contributed by atoms with van der Waals surface area (Å²) in [6, 6.07) is 11.1. The standard InChI is InChI=1S/C49H58BrF2N10O6P/c1-6-28-23-36(58-48-55-27-34(50)46(60-48)57-37-25-35(52)43-33(45(37)69(4,5)66)12-11-31(7-2)56-43)41(67-8-3)26-39(28)61-20-15-32(16-21-61)54-19-18-53-17-9-10-29-22-30(51)24-40-44(29)68-49(65)62(40)38-13-14-42(63)59-47(38)64/h11-12,22-27,32,38,53-54H,6-10,13-21H2,1-5H3,(H,59,63,64)(H2,55,57,58,60). The van der Waals surface area contributed by atoms with Gasteiger partial charge in [0, 0.05) is 90.7 Å². The minimum absolute atomic E-state index is 0.0839. The fourth-order valence-corrected chi connectivity index (χ4v) is 11.0. The summed E-state index contributed by atoms with van der Waals surface area (Å²) in [6.45, 7) is 13.7. The Bertz CT molecular complexity index is 3010. The Morgan fingerprint density at radius 1 is 0.928 bits per heavy atom. The molecule has 1 atom stereocenters. The van der Waals surface area contributed by atoms with E-state index in [-0.39, 0.29) is 35.4 Å². The summed E-state index contributed by atoms with van der Waals surface area (Å²) in [5.41, 5.74) is 5.25. The quantitative estimate of drug-likeness (QED) is 0.0297. The van der Waals surface area contributed by atoms with Crippen LogP contribution in [0.25, 0.3) is 22.0 Å². The number of piperidine rings is 2. The third-order valence-corrected chi connectivity index (χ3v) is 14.8. The molecule has 6 aromatic rings. The third-order valence-electron chi connectivity index (χ3n) is 12.6. The number of carbonyl (C=O) groups excluding carboxylic acids is 2. The number of oxazole rings is 1. The Morgan fingerprint density at radius 3 is 2.45 bits per heavy atom. The van der Waals surface area contributed by atoms with Gasteiger partial charge in [0.1, 0.15) is 36.1 Å². The maximum Gasteiger partial charge on any atom is 0.420 e. The van der Waals surface area contributed by atoms with E-state index in [1.54, 1.807) is 25.6 Å². The van der Waals surface area contributed by atoms with Crippen molar-refractivity contribution >= 4 is 91.0 Å². The van der Waals surface area contributed by atoms with Crippen LogP contribution < -0.4 is 47.3 Å². The number of aromatic nitrogens is 4. The highest BCUT2D eigenvalue weighted by molar-refractivity contribution is 9.10. The Morgan fingerprint density at radius 2 is 1.72 bits per heavy atom. The van der Waals surface area contributed by atoms with E-state index >= 15 is 4.39 Å². The van der Waals surface area contributed by atoms with E-state index in [1.807, 2.05) is 19.9 Å². The van der Waals surface area contributed by atoms with Gasteiger partial charge in [-0.3, -0.25) is 19.5 Å². The first-order valence-corrected chi connectivity index (χ1v) is 26.9. The van der Waals surface area contributed by atoms with E-state index in [1.165, 1.54) is 18.2 Å². The number of nitrogens with one attached hydrogen (secondary N) is 5. The van der Waals surface area contributed by atoms with Crippen molar-refractivity contribution in [1.82, 2.24) is 35.5 Å². The van der Waals surface area contributed by atoms with E-state index in [9.17, 15) is 23.3 Å². The maximum absolute atomic E-state index is 15.6. The molecule has 0 saturated carbocycles. The molecule has 2 aliphatic rings. The predicted molar refractivity (Wildman–Crippen MR) is 270 cm³/mol. The lowest BCUT2D eigenvalue weighted by Crippen LogP contribution is -2.44. The predicted octanol–water partition coefficient (Wildman–Crippen LogP) is 7.99. The van der Waals surface area contributed by atoms with Crippen molar-refractivity contribution in [3.63, 3.8) is 0 Å². The van der Waals surface area contributed by atoms with Crippen molar-refractivity contribution in [3.05, 3.63) is 92.1 Å². The number of carbonyl (C=O) groups is 2. The average Bonchev–Trinajstić information content (AvgIpc) is 3.64. The van der Waals surface area contributed by atoms with Gasteiger partial charge in [0.15, 0.2) is 11.4 Å². The van der Waals surface area contributed by atoms with Crippen molar-refractivity contribution in [3.8, 4) is 5.75 Å². The number of anilines is 5. The summed E-state index contributed by atoms with van der Waals surface area (Å²) < 4.78 is 57.5. The molecule has 0 spiro atoms. The van der Waals surface area contributed by atoms with Crippen LogP contribution in [-0.4, -0.2) is 90.0 Å². The normalized spacial score (nSPS) is 15.8. The number of nitrogens with zero attached hydrogens (tertiary/aromatic N) is 5. The fourth-order valence-electron chi connectivity index (χ4n) is 9.27. The topological polar surface area (TPSA) is 198 Å². The lowest BCUT2D eigenvalue weighted by atomic mass is 10.0. The minimum atomic E-state index is -2.94. The van der Waals surface area contributed by atoms with Crippen LogP contribution in [0.5, 0.6) is 5.75 Å². The summed E-state index contributed by atoms with van der Waals surface area (Å²) in [7, 11) is -2.94. The van der Waals surface area contributed by atoms with Gasteiger partial charge < -0.3 is 39.9 Å². The lowest BCUT2D eigenvalue weighted by Gasteiger charge is -2.35. The second-order valence-electron chi connectivity index (χ2n) is 17.7. The number of benzene rings is 3.